The lowest BCUT2D eigenvalue weighted by atomic mass is 10.1. The molecule has 0 saturated carbocycles. The van der Waals surface area contributed by atoms with Gasteiger partial charge in [-0.05, 0) is 44.7 Å². The molecule has 1 N–H and O–H groups in total. The maximum atomic E-state index is 11.3. The second kappa shape index (κ2) is 6.17. The molecule has 1 fully saturated rings. The van der Waals surface area contributed by atoms with Crippen LogP contribution in [-0.2, 0) is 0 Å². The van der Waals surface area contributed by atoms with Gasteiger partial charge in [-0.25, -0.2) is 0 Å². The van der Waals surface area contributed by atoms with Crippen molar-refractivity contribution in [2.75, 3.05) is 38.2 Å². The molecule has 1 atom stereocenters. The Morgan fingerprint density at radius 3 is 2.58 bits per heavy atom. The fourth-order valence-corrected chi connectivity index (χ4v) is 2.63. The number of aliphatic hydroxyl groups excluding tert-OH is 1. The van der Waals surface area contributed by atoms with E-state index in [4.69, 9.17) is 0 Å². The Bertz CT molecular complexity index is 430. The molecule has 4 heteroatoms. The predicted octanol–water partition coefficient (Wildman–Crippen LogP) is 1.39. The smallest absolute Gasteiger partial charge is 0.159 e. The van der Waals surface area contributed by atoms with Crippen LogP contribution in [0.1, 0.15) is 23.7 Å². The van der Waals surface area contributed by atoms with Gasteiger partial charge in [0.25, 0.3) is 0 Å². The maximum absolute atomic E-state index is 11.3. The van der Waals surface area contributed by atoms with E-state index >= 15 is 0 Å². The third-order valence-corrected chi connectivity index (χ3v) is 3.75. The molecule has 1 aliphatic heterocycles. The standard InChI is InChI=1S/C15H22N2O2/c1-12(19)13-3-5-14(6-4-13)17-9-8-16(2)11-15(17)7-10-18/h3-6,15,18H,7-11H2,1-2H3. The van der Waals surface area contributed by atoms with Crippen molar-refractivity contribution in [2.24, 2.45) is 0 Å². The van der Waals surface area contributed by atoms with Crippen LogP contribution < -0.4 is 4.90 Å². The molecule has 1 heterocycles. The third kappa shape index (κ3) is 3.33. The highest BCUT2D eigenvalue weighted by Gasteiger charge is 2.24. The fourth-order valence-electron chi connectivity index (χ4n) is 2.63. The van der Waals surface area contributed by atoms with Crippen molar-refractivity contribution in [1.29, 1.82) is 0 Å². The van der Waals surface area contributed by atoms with E-state index in [2.05, 4.69) is 16.8 Å². The van der Waals surface area contributed by atoms with Gasteiger partial charge in [0.1, 0.15) is 0 Å². The molecule has 1 aromatic rings. The zero-order chi connectivity index (χ0) is 13.8. The lowest BCUT2D eigenvalue weighted by Crippen LogP contribution is -2.52. The summed E-state index contributed by atoms with van der Waals surface area (Å²) in [4.78, 5) is 15.9. The van der Waals surface area contributed by atoms with Crippen LogP contribution in [0.2, 0.25) is 0 Å². The summed E-state index contributed by atoms with van der Waals surface area (Å²) in [5.74, 6) is 0.0943. The van der Waals surface area contributed by atoms with Crippen LogP contribution in [0.25, 0.3) is 0 Å². The number of hydrogen-bond donors (Lipinski definition) is 1. The molecular weight excluding hydrogens is 240 g/mol. The van der Waals surface area contributed by atoms with Gasteiger partial charge in [0.05, 0.1) is 0 Å². The predicted molar refractivity (Wildman–Crippen MR) is 76.8 cm³/mol. The van der Waals surface area contributed by atoms with Gasteiger partial charge in [0.2, 0.25) is 0 Å². The Hall–Kier alpha value is -1.39. The van der Waals surface area contributed by atoms with Crippen LogP contribution in [0.3, 0.4) is 0 Å². The van der Waals surface area contributed by atoms with Crippen LogP contribution in [0.15, 0.2) is 24.3 Å². The lowest BCUT2D eigenvalue weighted by molar-refractivity contribution is 0.101. The summed E-state index contributed by atoms with van der Waals surface area (Å²) < 4.78 is 0. The number of ketones is 1. The van der Waals surface area contributed by atoms with Crippen LogP contribution in [0.5, 0.6) is 0 Å². The first-order valence-corrected chi connectivity index (χ1v) is 6.79. The van der Waals surface area contributed by atoms with Crippen molar-refractivity contribution in [3.05, 3.63) is 29.8 Å². The van der Waals surface area contributed by atoms with E-state index in [1.54, 1.807) is 6.92 Å². The second-order valence-corrected chi connectivity index (χ2v) is 5.22. The van der Waals surface area contributed by atoms with E-state index in [9.17, 15) is 9.90 Å². The number of carbonyl (C=O) groups excluding carboxylic acids is 1. The van der Waals surface area contributed by atoms with Crippen LogP contribution in [0, 0.1) is 0 Å². The topological polar surface area (TPSA) is 43.8 Å². The number of aliphatic hydroxyl groups is 1. The number of carbonyl (C=O) groups is 1. The molecule has 1 saturated heterocycles. The number of nitrogens with zero attached hydrogens (tertiary/aromatic N) is 2. The van der Waals surface area contributed by atoms with Crippen molar-refractivity contribution in [2.45, 2.75) is 19.4 Å². The Labute approximate surface area is 114 Å². The first-order valence-electron chi connectivity index (χ1n) is 6.79. The first-order chi connectivity index (χ1) is 9.11. The molecule has 0 bridgehead atoms. The Morgan fingerprint density at radius 2 is 2.00 bits per heavy atom. The molecule has 104 valence electrons. The molecule has 0 spiro atoms. The molecule has 0 radical (unpaired) electrons. The van der Waals surface area contributed by atoms with Crippen molar-refractivity contribution in [1.82, 2.24) is 4.90 Å². The average molecular weight is 262 g/mol. The number of likely N-dealkylation sites (N-methyl/N-ethyl adjacent to an activating group) is 1. The lowest BCUT2D eigenvalue weighted by Gasteiger charge is -2.41. The Morgan fingerprint density at radius 1 is 1.32 bits per heavy atom. The Kier molecular flexibility index (Phi) is 4.56. The van der Waals surface area contributed by atoms with Gasteiger partial charge in [-0.3, -0.25) is 4.79 Å². The molecule has 1 aliphatic rings. The highest BCUT2D eigenvalue weighted by atomic mass is 16.3. The summed E-state index contributed by atoms with van der Waals surface area (Å²) in [5.41, 5.74) is 1.88. The summed E-state index contributed by atoms with van der Waals surface area (Å²) in [7, 11) is 2.11. The molecule has 0 aromatic heterocycles. The van der Waals surface area contributed by atoms with Crippen LogP contribution >= 0.6 is 0 Å². The molecule has 0 aliphatic carbocycles. The average Bonchev–Trinajstić information content (AvgIpc) is 2.39. The third-order valence-electron chi connectivity index (χ3n) is 3.75. The van der Waals surface area contributed by atoms with Gasteiger partial charge in [-0.15, -0.1) is 0 Å². The van der Waals surface area contributed by atoms with Crippen LogP contribution in [0.4, 0.5) is 5.69 Å². The number of piperazine rings is 1. The number of rotatable bonds is 4. The molecule has 19 heavy (non-hydrogen) atoms. The summed E-state index contributed by atoms with van der Waals surface area (Å²) in [5, 5.41) is 9.20. The van der Waals surface area contributed by atoms with Gasteiger partial charge >= 0.3 is 0 Å². The SMILES string of the molecule is CC(=O)c1ccc(N2CCN(C)CC2CCO)cc1. The minimum absolute atomic E-state index is 0.0943. The van der Waals surface area contributed by atoms with E-state index in [1.165, 1.54) is 0 Å². The highest BCUT2D eigenvalue weighted by Crippen LogP contribution is 2.22. The Balaban J connectivity index is 2.16. The van der Waals surface area contributed by atoms with Gasteiger partial charge in [-0.2, -0.15) is 0 Å². The van der Waals surface area contributed by atoms with Crippen LogP contribution in [-0.4, -0.2) is 55.1 Å². The number of Topliss-reactive ketones (excluding diaryl/α,β-unsaturated/α-hetero) is 1. The van der Waals surface area contributed by atoms with Gasteiger partial charge in [0.15, 0.2) is 5.78 Å². The van der Waals surface area contributed by atoms with Gasteiger partial charge in [0, 0.05) is 43.5 Å². The second-order valence-electron chi connectivity index (χ2n) is 5.22. The largest absolute Gasteiger partial charge is 0.396 e. The molecule has 1 unspecified atom stereocenters. The number of anilines is 1. The van der Waals surface area contributed by atoms with Gasteiger partial charge in [-0.1, -0.05) is 0 Å². The highest BCUT2D eigenvalue weighted by molar-refractivity contribution is 5.94. The van der Waals surface area contributed by atoms with Crippen molar-refractivity contribution >= 4 is 11.5 Å². The quantitative estimate of drug-likeness (QED) is 0.833. The summed E-state index contributed by atoms with van der Waals surface area (Å²) >= 11 is 0. The summed E-state index contributed by atoms with van der Waals surface area (Å²) in [6.45, 7) is 4.74. The number of benzene rings is 1. The monoisotopic (exact) mass is 262 g/mol. The summed E-state index contributed by atoms with van der Waals surface area (Å²) in [6, 6.07) is 8.11. The molecule has 1 aromatic carbocycles. The van der Waals surface area contributed by atoms with E-state index in [0.29, 0.717) is 6.04 Å². The molecule has 4 nitrogen and oxygen atoms in total. The zero-order valence-corrected chi connectivity index (χ0v) is 11.7. The molecule has 2 rings (SSSR count). The zero-order valence-electron chi connectivity index (χ0n) is 11.7. The fraction of sp³-hybridized carbons (Fsp3) is 0.533. The molecular formula is C15H22N2O2. The van der Waals surface area contributed by atoms with E-state index in [0.717, 1.165) is 37.3 Å². The minimum Gasteiger partial charge on any atom is -0.396 e. The van der Waals surface area contributed by atoms with E-state index in [-0.39, 0.29) is 12.4 Å². The van der Waals surface area contributed by atoms with Gasteiger partial charge < -0.3 is 14.9 Å². The molecule has 0 amide bonds. The number of hydrogen-bond acceptors (Lipinski definition) is 4. The van der Waals surface area contributed by atoms with E-state index < -0.39 is 0 Å². The van der Waals surface area contributed by atoms with Crippen molar-refractivity contribution in [3.63, 3.8) is 0 Å². The van der Waals surface area contributed by atoms with Crippen molar-refractivity contribution < 1.29 is 9.90 Å². The van der Waals surface area contributed by atoms with E-state index in [1.807, 2.05) is 24.3 Å². The first kappa shape index (κ1) is 14.0. The normalized spacial score (nSPS) is 20.6. The minimum atomic E-state index is 0.0943. The maximum Gasteiger partial charge on any atom is 0.159 e. The summed E-state index contributed by atoms with van der Waals surface area (Å²) in [6.07, 6.45) is 0.777. The van der Waals surface area contributed by atoms with Crippen molar-refractivity contribution in [3.8, 4) is 0 Å².